The summed E-state index contributed by atoms with van der Waals surface area (Å²) in [5.74, 6) is 0.831. The minimum Gasteiger partial charge on any atom is -0.390 e. The lowest BCUT2D eigenvalue weighted by molar-refractivity contribution is 0.274. The molecule has 23 heavy (non-hydrogen) atoms. The molecule has 3 rings (SSSR count). The SMILES string of the molecule is Cc1ccc(Cn2nnc(CO)c2CCC2CCCCC2)cc1. The molecule has 4 nitrogen and oxygen atoms in total. The molecule has 0 radical (unpaired) electrons. The molecule has 1 fully saturated rings. The van der Waals surface area contributed by atoms with Gasteiger partial charge in [0.25, 0.3) is 0 Å². The Labute approximate surface area is 138 Å². The summed E-state index contributed by atoms with van der Waals surface area (Å²) in [4.78, 5) is 0. The van der Waals surface area contributed by atoms with Gasteiger partial charge >= 0.3 is 0 Å². The third-order valence-corrected chi connectivity index (χ3v) is 5.03. The van der Waals surface area contributed by atoms with Crippen LogP contribution in [0, 0.1) is 12.8 Å². The van der Waals surface area contributed by atoms with E-state index in [-0.39, 0.29) is 6.61 Å². The fourth-order valence-corrected chi connectivity index (χ4v) is 3.58. The predicted octanol–water partition coefficient (Wildman–Crippen LogP) is 3.64. The molecular weight excluding hydrogens is 286 g/mol. The molecular formula is C19H27N3O. The van der Waals surface area contributed by atoms with Crippen molar-refractivity contribution in [3.05, 3.63) is 46.8 Å². The van der Waals surface area contributed by atoms with Crippen LogP contribution < -0.4 is 0 Å². The van der Waals surface area contributed by atoms with Gasteiger partial charge in [-0.2, -0.15) is 0 Å². The number of nitrogens with zero attached hydrogens (tertiary/aromatic N) is 3. The summed E-state index contributed by atoms with van der Waals surface area (Å²) in [5.41, 5.74) is 4.34. The number of aliphatic hydroxyl groups excluding tert-OH is 1. The molecule has 0 saturated heterocycles. The van der Waals surface area contributed by atoms with E-state index in [1.54, 1.807) is 0 Å². The number of aromatic nitrogens is 3. The minimum atomic E-state index is -0.0199. The van der Waals surface area contributed by atoms with E-state index in [9.17, 15) is 5.11 Å². The number of hydrogen-bond donors (Lipinski definition) is 1. The second-order valence-corrected chi connectivity index (χ2v) is 6.83. The Morgan fingerprint density at radius 3 is 2.57 bits per heavy atom. The molecule has 1 N–H and O–H groups in total. The summed E-state index contributed by atoms with van der Waals surface area (Å²) < 4.78 is 1.97. The monoisotopic (exact) mass is 313 g/mol. The van der Waals surface area contributed by atoms with E-state index < -0.39 is 0 Å². The predicted molar refractivity (Wildman–Crippen MR) is 91.1 cm³/mol. The molecule has 1 heterocycles. The van der Waals surface area contributed by atoms with Crippen molar-refractivity contribution in [3.63, 3.8) is 0 Å². The van der Waals surface area contributed by atoms with Gasteiger partial charge in [0, 0.05) is 0 Å². The van der Waals surface area contributed by atoms with Gasteiger partial charge in [0.15, 0.2) is 0 Å². The van der Waals surface area contributed by atoms with Gasteiger partial charge in [0.1, 0.15) is 5.69 Å². The zero-order chi connectivity index (χ0) is 16.1. The zero-order valence-corrected chi connectivity index (χ0v) is 14.0. The summed E-state index contributed by atoms with van der Waals surface area (Å²) in [5, 5.41) is 18.0. The Bertz CT molecular complexity index is 612. The lowest BCUT2D eigenvalue weighted by atomic mass is 9.85. The fourth-order valence-electron chi connectivity index (χ4n) is 3.58. The fraction of sp³-hybridized carbons (Fsp3) is 0.579. The molecule has 1 saturated carbocycles. The van der Waals surface area contributed by atoms with Crippen molar-refractivity contribution in [1.29, 1.82) is 0 Å². The van der Waals surface area contributed by atoms with Crippen LogP contribution in [0.5, 0.6) is 0 Å². The molecule has 0 atom stereocenters. The molecule has 1 aromatic carbocycles. The van der Waals surface area contributed by atoms with Crippen molar-refractivity contribution in [3.8, 4) is 0 Å². The van der Waals surface area contributed by atoms with Gasteiger partial charge in [-0.25, -0.2) is 4.68 Å². The maximum Gasteiger partial charge on any atom is 0.111 e. The van der Waals surface area contributed by atoms with Crippen LogP contribution in [0.15, 0.2) is 24.3 Å². The van der Waals surface area contributed by atoms with E-state index in [1.165, 1.54) is 49.7 Å². The van der Waals surface area contributed by atoms with E-state index in [1.807, 2.05) is 4.68 Å². The van der Waals surface area contributed by atoms with Crippen molar-refractivity contribution < 1.29 is 5.11 Å². The molecule has 0 spiro atoms. The Balaban J connectivity index is 1.69. The molecule has 4 heteroatoms. The van der Waals surface area contributed by atoms with Gasteiger partial charge in [-0.3, -0.25) is 0 Å². The standard InChI is InChI=1S/C19H27N3O/c1-15-7-9-17(10-8-15)13-22-19(18(14-23)20-21-22)12-11-16-5-3-2-4-6-16/h7-10,16,23H,2-6,11-14H2,1H3. The summed E-state index contributed by atoms with van der Waals surface area (Å²) in [6, 6.07) is 8.53. The molecule has 1 aromatic heterocycles. The topological polar surface area (TPSA) is 50.9 Å². The van der Waals surface area contributed by atoms with Crippen molar-refractivity contribution >= 4 is 0 Å². The molecule has 1 aliphatic carbocycles. The van der Waals surface area contributed by atoms with Crippen molar-refractivity contribution in [1.82, 2.24) is 15.0 Å². The van der Waals surface area contributed by atoms with Gasteiger partial charge in [0.05, 0.1) is 18.8 Å². The largest absolute Gasteiger partial charge is 0.390 e. The zero-order valence-electron chi connectivity index (χ0n) is 14.0. The van der Waals surface area contributed by atoms with Crippen molar-refractivity contribution in [2.75, 3.05) is 0 Å². The van der Waals surface area contributed by atoms with E-state index >= 15 is 0 Å². The van der Waals surface area contributed by atoms with Crippen LogP contribution in [-0.4, -0.2) is 20.1 Å². The highest BCUT2D eigenvalue weighted by atomic mass is 16.3. The van der Waals surface area contributed by atoms with Crippen molar-refractivity contribution in [2.45, 2.75) is 65.0 Å². The first-order valence-corrected chi connectivity index (χ1v) is 8.84. The Kier molecular flexibility index (Phi) is 5.44. The third-order valence-electron chi connectivity index (χ3n) is 5.03. The van der Waals surface area contributed by atoms with Gasteiger partial charge in [-0.1, -0.05) is 67.1 Å². The molecule has 0 unspecified atom stereocenters. The highest BCUT2D eigenvalue weighted by Crippen LogP contribution is 2.28. The first-order chi connectivity index (χ1) is 11.3. The summed E-state index contributed by atoms with van der Waals surface area (Å²) in [7, 11) is 0. The Morgan fingerprint density at radius 1 is 1.13 bits per heavy atom. The van der Waals surface area contributed by atoms with Crippen LogP contribution >= 0.6 is 0 Å². The van der Waals surface area contributed by atoms with E-state index in [0.29, 0.717) is 0 Å². The molecule has 2 aromatic rings. The molecule has 0 amide bonds. The number of aryl methyl sites for hydroxylation is 1. The van der Waals surface area contributed by atoms with Crippen LogP contribution in [0.1, 0.15) is 61.0 Å². The van der Waals surface area contributed by atoms with Crippen LogP contribution in [0.4, 0.5) is 0 Å². The van der Waals surface area contributed by atoms with Gasteiger partial charge < -0.3 is 5.11 Å². The molecule has 1 aliphatic rings. The number of hydrogen-bond acceptors (Lipinski definition) is 3. The average Bonchev–Trinajstić information content (AvgIpc) is 2.98. The average molecular weight is 313 g/mol. The molecule has 0 aliphatic heterocycles. The Morgan fingerprint density at radius 2 is 1.87 bits per heavy atom. The number of rotatable bonds is 6. The van der Waals surface area contributed by atoms with Gasteiger partial charge in [-0.15, -0.1) is 5.10 Å². The van der Waals surface area contributed by atoms with E-state index in [0.717, 1.165) is 30.3 Å². The third kappa shape index (κ3) is 4.20. The quantitative estimate of drug-likeness (QED) is 0.886. The van der Waals surface area contributed by atoms with Crippen molar-refractivity contribution in [2.24, 2.45) is 5.92 Å². The van der Waals surface area contributed by atoms with Crippen LogP contribution in [0.25, 0.3) is 0 Å². The van der Waals surface area contributed by atoms with E-state index in [4.69, 9.17) is 0 Å². The maximum absolute atomic E-state index is 9.56. The highest BCUT2D eigenvalue weighted by molar-refractivity contribution is 5.22. The first kappa shape index (κ1) is 16.2. The first-order valence-electron chi connectivity index (χ1n) is 8.84. The smallest absolute Gasteiger partial charge is 0.111 e. The summed E-state index contributed by atoms with van der Waals surface area (Å²) in [6.07, 6.45) is 9.01. The summed E-state index contributed by atoms with van der Waals surface area (Å²) >= 11 is 0. The highest BCUT2D eigenvalue weighted by Gasteiger charge is 2.17. The van der Waals surface area contributed by atoms with Crippen LogP contribution in [0.3, 0.4) is 0 Å². The number of benzene rings is 1. The van der Waals surface area contributed by atoms with Gasteiger partial charge in [0.2, 0.25) is 0 Å². The Hall–Kier alpha value is -1.68. The van der Waals surface area contributed by atoms with Crippen LogP contribution in [0.2, 0.25) is 0 Å². The maximum atomic E-state index is 9.56. The molecule has 124 valence electrons. The second kappa shape index (κ2) is 7.73. The molecule has 0 bridgehead atoms. The number of aliphatic hydroxyl groups is 1. The summed E-state index contributed by atoms with van der Waals surface area (Å²) in [6.45, 7) is 2.81. The minimum absolute atomic E-state index is 0.0199. The normalized spacial score (nSPS) is 15.9. The van der Waals surface area contributed by atoms with Gasteiger partial charge in [-0.05, 0) is 31.2 Å². The van der Waals surface area contributed by atoms with Crippen LogP contribution in [-0.2, 0) is 19.6 Å². The van der Waals surface area contributed by atoms with E-state index in [2.05, 4.69) is 41.5 Å². The lowest BCUT2D eigenvalue weighted by Crippen LogP contribution is -2.12. The lowest BCUT2D eigenvalue weighted by Gasteiger charge is -2.21. The second-order valence-electron chi connectivity index (χ2n) is 6.83.